The van der Waals surface area contributed by atoms with Crippen molar-refractivity contribution in [3.63, 3.8) is 0 Å². The van der Waals surface area contributed by atoms with Gasteiger partial charge in [-0.15, -0.1) is 23.1 Å². The van der Waals surface area contributed by atoms with E-state index in [0.717, 1.165) is 10.4 Å². The highest BCUT2D eigenvalue weighted by Gasteiger charge is 2.22. The minimum absolute atomic E-state index is 0.0631. The van der Waals surface area contributed by atoms with Crippen molar-refractivity contribution >= 4 is 44.0 Å². The quantitative estimate of drug-likeness (QED) is 0.671. The van der Waals surface area contributed by atoms with Gasteiger partial charge in [-0.3, -0.25) is 0 Å². The maximum Gasteiger partial charge on any atom is 0.238 e. The summed E-state index contributed by atoms with van der Waals surface area (Å²) in [5.74, 6) is 0.429. The normalized spacial score (nSPS) is 12.1. The summed E-state index contributed by atoms with van der Waals surface area (Å²) in [6.45, 7) is 1.63. The smallest absolute Gasteiger partial charge is 0.238 e. The summed E-state index contributed by atoms with van der Waals surface area (Å²) in [6.07, 6.45) is 1.99. The molecule has 0 unspecified atom stereocenters. The van der Waals surface area contributed by atoms with Crippen LogP contribution in [0.15, 0.2) is 43.9 Å². The van der Waals surface area contributed by atoms with Crippen molar-refractivity contribution in [2.75, 3.05) is 12.0 Å². The number of rotatable bonds is 4. The standard InChI is InChI=1S/C14H13NO3S3/c1-3-21(16,17)12-6-7-20-13(12)14-15-10-8-9(19-2)4-5-11(10)18-14/h4-8H,3H2,1-2H3. The molecular formula is C14H13NO3S3. The van der Waals surface area contributed by atoms with Crippen LogP contribution in [0.3, 0.4) is 0 Å². The number of hydrogen-bond donors (Lipinski definition) is 0. The van der Waals surface area contributed by atoms with Crippen molar-refractivity contribution in [1.29, 1.82) is 0 Å². The van der Waals surface area contributed by atoms with Gasteiger partial charge in [-0.05, 0) is 35.9 Å². The van der Waals surface area contributed by atoms with Crippen LogP contribution in [0, 0.1) is 0 Å². The summed E-state index contributed by atoms with van der Waals surface area (Å²) in [5.41, 5.74) is 1.40. The number of fused-ring (bicyclic) bond motifs is 1. The molecule has 21 heavy (non-hydrogen) atoms. The zero-order valence-corrected chi connectivity index (χ0v) is 13.9. The monoisotopic (exact) mass is 339 g/mol. The first-order valence-electron chi connectivity index (χ1n) is 6.30. The predicted molar refractivity (Wildman–Crippen MR) is 86.8 cm³/mol. The van der Waals surface area contributed by atoms with E-state index in [0.29, 0.717) is 21.2 Å². The predicted octanol–water partition coefficient (Wildman–Crippen LogP) is 4.07. The molecule has 0 aliphatic heterocycles. The lowest BCUT2D eigenvalue weighted by Crippen LogP contribution is -2.03. The fourth-order valence-electron chi connectivity index (χ4n) is 1.99. The van der Waals surface area contributed by atoms with Crippen LogP contribution in [-0.4, -0.2) is 25.4 Å². The molecule has 0 spiro atoms. The van der Waals surface area contributed by atoms with Gasteiger partial charge < -0.3 is 4.42 Å². The lowest BCUT2D eigenvalue weighted by molar-refractivity contribution is 0.595. The Bertz CT molecular complexity index is 893. The molecule has 110 valence electrons. The number of aromatic nitrogens is 1. The van der Waals surface area contributed by atoms with E-state index in [9.17, 15) is 8.42 Å². The fourth-order valence-corrected chi connectivity index (χ4v) is 4.70. The number of oxazole rings is 1. The zero-order valence-electron chi connectivity index (χ0n) is 11.5. The molecule has 0 amide bonds. The van der Waals surface area contributed by atoms with Crippen molar-refractivity contribution in [2.24, 2.45) is 0 Å². The lowest BCUT2D eigenvalue weighted by atomic mass is 10.3. The second kappa shape index (κ2) is 5.47. The Morgan fingerprint density at radius 2 is 2.14 bits per heavy atom. The minimum Gasteiger partial charge on any atom is -0.435 e. The first-order valence-corrected chi connectivity index (χ1v) is 10.1. The summed E-state index contributed by atoms with van der Waals surface area (Å²) in [6, 6.07) is 7.37. The summed E-state index contributed by atoms with van der Waals surface area (Å²) in [5, 5.41) is 1.75. The van der Waals surface area contributed by atoms with Crippen molar-refractivity contribution < 1.29 is 12.8 Å². The molecule has 7 heteroatoms. The van der Waals surface area contributed by atoms with Gasteiger partial charge in [0, 0.05) is 4.90 Å². The Kier molecular flexibility index (Phi) is 3.81. The van der Waals surface area contributed by atoms with E-state index in [1.807, 2.05) is 24.5 Å². The van der Waals surface area contributed by atoms with E-state index in [1.165, 1.54) is 11.3 Å². The lowest BCUT2D eigenvalue weighted by Gasteiger charge is -1.99. The highest BCUT2D eigenvalue weighted by molar-refractivity contribution is 7.98. The highest BCUT2D eigenvalue weighted by atomic mass is 32.2. The molecule has 0 bridgehead atoms. The Morgan fingerprint density at radius 3 is 2.86 bits per heavy atom. The van der Waals surface area contributed by atoms with Crippen molar-refractivity contribution in [3.05, 3.63) is 29.6 Å². The molecule has 0 saturated heterocycles. The molecule has 0 atom stereocenters. The van der Waals surface area contributed by atoms with E-state index in [-0.39, 0.29) is 5.75 Å². The number of benzene rings is 1. The molecule has 3 rings (SSSR count). The van der Waals surface area contributed by atoms with Gasteiger partial charge in [0.2, 0.25) is 5.89 Å². The molecule has 1 aromatic carbocycles. The molecule has 4 nitrogen and oxygen atoms in total. The number of hydrogen-bond acceptors (Lipinski definition) is 6. The topological polar surface area (TPSA) is 60.2 Å². The van der Waals surface area contributed by atoms with E-state index in [2.05, 4.69) is 4.98 Å². The highest BCUT2D eigenvalue weighted by Crippen LogP contribution is 2.35. The van der Waals surface area contributed by atoms with E-state index in [4.69, 9.17) is 4.42 Å². The van der Waals surface area contributed by atoms with E-state index in [1.54, 1.807) is 30.1 Å². The zero-order chi connectivity index (χ0) is 15.0. The third kappa shape index (κ3) is 2.61. The van der Waals surface area contributed by atoms with Crippen LogP contribution in [0.2, 0.25) is 0 Å². The van der Waals surface area contributed by atoms with Crippen LogP contribution >= 0.6 is 23.1 Å². The SMILES string of the molecule is CCS(=O)(=O)c1ccsc1-c1nc2cc(SC)ccc2o1. The van der Waals surface area contributed by atoms with Gasteiger partial charge in [0.05, 0.1) is 10.6 Å². The number of sulfone groups is 1. The van der Waals surface area contributed by atoms with Crippen LogP contribution in [0.1, 0.15) is 6.92 Å². The van der Waals surface area contributed by atoms with E-state index < -0.39 is 9.84 Å². The van der Waals surface area contributed by atoms with Gasteiger partial charge in [0.1, 0.15) is 10.4 Å². The first kappa shape index (κ1) is 14.6. The Balaban J connectivity index is 2.16. The average Bonchev–Trinajstić information content (AvgIpc) is 3.12. The fraction of sp³-hybridized carbons (Fsp3) is 0.214. The maximum atomic E-state index is 12.1. The van der Waals surface area contributed by atoms with Gasteiger partial charge in [-0.1, -0.05) is 6.92 Å². The number of nitrogens with zero attached hydrogens (tertiary/aromatic N) is 1. The van der Waals surface area contributed by atoms with Gasteiger partial charge in [-0.25, -0.2) is 13.4 Å². The van der Waals surface area contributed by atoms with E-state index >= 15 is 0 Å². The Hall–Kier alpha value is -1.31. The second-order valence-electron chi connectivity index (χ2n) is 4.37. The third-order valence-corrected chi connectivity index (χ3v) is 6.66. The number of thiophene rings is 1. The molecule has 0 N–H and O–H groups in total. The van der Waals surface area contributed by atoms with Crippen LogP contribution in [0.25, 0.3) is 21.9 Å². The van der Waals surface area contributed by atoms with Gasteiger partial charge in [0.15, 0.2) is 15.4 Å². The van der Waals surface area contributed by atoms with Crippen molar-refractivity contribution in [1.82, 2.24) is 4.98 Å². The molecule has 0 saturated carbocycles. The molecule has 2 aromatic heterocycles. The molecule has 0 aliphatic rings. The minimum atomic E-state index is -3.28. The third-order valence-electron chi connectivity index (χ3n) is 3.13. The van der Waals surface area contributed by atoms with Gasteiger partial charge >= 0.3 is 0 Å². The summed E-state index contributed by atoms with van der Waals surface area (Å²) in [7, 11) is -3.28. The van der Waals surface area contributed by atoms with Gasteiger partial charge in [0.25, 0.3) is 0 Å². The van der Waals surface area contributed by atoms with Crippen molar-refractivity contribution in [3.8, 4) is 10.8 Å². The Morgan fingerprint density at radius 1 is 1.33 bits per heavy atom. The van der Waals surface area contributed by atoms with Crippen LogP contribution in [-0.2, 0) is 9.84 Å². The van der Waals surface area contributed by atoms with Crippen molar-refractivity contribution in [2.45, 2.75) is 16.7 Å². The van der Waals surface area contributed by atoms with Crippen LogP contribution < -0.4 is 0 Å². The first-order chi connectivity index (χ1) is 10.0. The maximum absolute atomic E-state index is 12.1. The average molecular weight is 339 g/mol. The molecule has 0 aliphatic carbocycles. The van der Waals surface area contributed by atoms with Crippen LogP contribution in [0.5, 0.6) is 0 Å². The number of thioether (sulfide) groups is 1. The summed E-state index contributed by atoms with van der Waals surface area (Å²) >= 11 is 2.96. The Labute approximate surface area is 131 Å². The van der Waals surface area contributed by atoms with Gasteiger partial charge in [-0.2, -0.15) is 0 Å². The second-order valence-corrected chi connectivity index (χ2v) is 8.41. The molecule has 0 fully saturated rings. The molecular weight excluding hydrogens is 326 g/mol. The van der Waals surface area contributed by atoms with Crippen LogP contribution in [0.4, 0.5) is 0 Å². The molecule has 3 aromatic rings. The molecule has 2 heterocycles. The molecule has 0 radical (unpaired) electrons. The largest absolute Gasteiger partial charge is 0.435 e. The summed E-state index contributed by atoms with van der Waals surface area (Å²) < 4.78 is 29.9. The summed E-state index contributed by atoms with van der Waals surface area (Å²) in [4.78, 5) is 6.40.